The van der Waals surface area contributed by atoms with Crippen molar-refractivity contribution in [1.29, 1.82) is 0 Å². The minimum absolute atomic E-state index is 0.125. The first-order valence-corrected chi connectivity index (χ1v) is 7.71. The summed E-state index contributed by atoms with van der Waals surface area (Å²) in [6, 6.07) is 8.86. The molecule has 0 aliphatic carbocycles. The first kappa shape index (κ1) is 18.3. The minimum atomic E-state index is -1.02. The van der Waals surface area contributed by atoms with Gasteiger partial charge in [-0.15, -0.1) is 0 Å². The molecule has 0 spiro atoms. The van der Waals surface area contributed by atoms with Gasteiger partial charge in [0, 0.05) is 5.69 Å². The van der Waals surface area contributed by atoms with Crippen LogP contribution in [0, 0.1) is 0 Å². The van der Waals surface area contributed by atoms with Crippen LogP contribution >= 0.6 is 0 Å². The summed E-state index contributed by atoms with van der Waals surface area (Å²) in [7, 11) is 0. The van der Waals surface area contributed by atoms with Crippen LogP contribution in [0.5, 0.6) is 0 Å². The molecule has 0 fully saturated rings. The Kier molecular flexibility index (Phi) is 5.26. The number of benzene rings is 1. The van der Waals surface area contributed by atoms with E-state index in [-0.39, 0.29) is 5.76 Å². The van der Waals surface area contributed by atoms with E-state index in [1.54, 1.807) is 51.1 Å². The Labute approximate surface area is 145 Å². The fraction of sp³-hybridized carbons (Fsp3) is 0.278. The van der Waals surface area contributed by atoms with Crippen LogP contribution in [0.15, 0.2) is 47.1 Å². The molecule has 0 saturated carbocycles. The standard InChI is InChI=1S/C18H20N2O5/c1-11(19-16(22)14-5-4-10-25-14)15(21)20-13-8-6-12(7-9-13)18(2,3)17(23)24/h4-11H,1-3H3,(H,19,22)(H,20,21)(H,23,24). The summed E-state index contributed by atoms with van der Waals surface area (Å²) in [5.41, 5.74) is 0.110. The summed E-state index contributed by atoms with van der Waals surface area (Å²) in [4.78, 5) is 35.3. The molecule has 7 nitrogen and oxygen atoms in total. The Hall–Kier alpha value is -3.09. The maximum atomic E-state index is 12.2. The quantitative estimate of drug-likeness (QED) is 0.745. The van der Waals surface area contributed by atoms with Gasteiger partial charge < -0.3 is 20.2 Å². The highest BCUT2D eigenvalue weighted by molar-refractivity contribution is 5.99. The normalized spacial score (nSPS) is 12.3. The molecular formula is C18H20N2O5. The van der Waals surface area contributed by atoms with Crippen molar-refractivity contribution in [3.05, 3.63) is 54.0 Å². The number of hydrogen-bond donors (Lipinski definition) is 3. The lowest BCUT2D eigenvalue weighted by atomic mass is 9.85. The van der Waals surface area contributed by atoms with Crippen LogP contribution in [0.3, 0.4) is 0 Å². The van der Waals surface area contributed by atoms with Crippen molar-refractivity contribution >= 4 is 23.5 Å². The predicted molar refractivity (Wildman–Crippen MR) is 91.4 cm³/mol. The Balaban J connectivity index is 1.98. The lowest BCUT2D eigenvalue weighted by Gasteiger charge is -2.20. The maximum absolute atomic E-state index is 12.2. The van der Waals surface area contributed by atoms with Gasteiger partial charge in [0.15, 0.2) is 5.76 Å². The Morgan fingerprint density at radius 3 is 2.28 bits per heavy atom. The molecule has 132 valence electrons. The van der Waals surface area contributed by atoms with Gasteiger partial charge in [-0.25, -0.2) is 0 Å². The van der Waals surface area contributed by atoms with Crippen LogP contribution in [0.25, 0.3) is 0 Å². The number of carbonyl (C=O) groups is 3. The second-order valence-corrected chi connectivity index (χ2v) is 6.17. The van der Waals surface area contributed by atoms with Gasteiger partial charge in [0.25, 0.3) is 5.91 Å². The summed E-state index contributed by atoms with van der Waals surface area (Å²) in [6.45, 7) is 4.77. The summed E-state index contributed by atoms with van der Waals surface area (Å²) >= 11 is 0. The van der Waals surface area contributed by atoms with E-state index in [0.29, 0.717) is 11.3 Å². The zero-order chi connectivity index (χ0) is 18.6. The molecule has 1 aromatic carbocycles. The third kappa shape index (κ3) is 4.26. The Bertz CT molecular complexity index is 763. The first-order valence-electron chi connectivity index (χ1n) is 7.71. The highest BCUT2D eigenvalue weighted by Gasteiger charge is 2.29. The van der Waals surface area contributed by atoms with Crippen LogP contribution in [0.4, 0.5) is 5.69 Å². The van der Waals surface area contributed by atoms with Crippen LogP contribution in [0.1, 0.15) is 36.9 Å². The van der Waals surface area contributed by atoms with Gasteiger partial charge in [0.05, 0.1) is 11.7 Å². The number of carboxylic acid groups (broad SMARTS) is 1. The van der Waals surface area contributed by atoms with Crippen molar-refractivity contribution in [3.63, 3.8) is 0 Å². The summed E-state index contributed by atoms with van der Waals surface area (Å²) in [5.74, 6) is -1.69. The van der Waals surface area contributed by atoms with Crippen molar-refractivity contribution in [1.82, 2.24) is 5.32 Å². The fourth-order valence-corrected chi connectivity index (χ4v) is 2.09. The average Bonchev–Trinajstić information content (AvgIpc) is 3.09. The van der Waals surface area contributed by atoms with E-state index in [2.05, 4.69) is 10.6 Å². The Morgan fingerprint density at radius 2 is 1.76 bits per heavy atom. The van der Waals surface area contributed by atoms with E-state index >= 15 is 0 Å². The zero-order valence-electron chi connectivity index (χ0n) is 14.2. The molecule has 25 heavy (non-hydrogen) atoms. The van der Waals surface area contributed by atoms with E-state index < -0.39 is 29.2 Å². The Morgan fingerprint density at radius 1 is 1.12 bits per heavy atom. The van der Waals surface area contributed by atoms with Crippen LogP contribution < -0.4 is 10.6 Å². The van der Waals surface area contributed by atoms with Gasteiger partial charge in [0.2, 0.25) is 5.91 Å². The molecule has 2 rings (SSSR count). The molecule has 0 radical (unpaired) electrons. The molecule has 1 heterocycles. The number of hydrogen-bond acceptors (Lipinski definition) is 4. The number of carboxylic acids is 1. The number of nitrogens with one attached hydrogen (secondary N) is 2. The molecule has 0 aliphatic heterocycles. The second-order valence-electron chi connectivity index (χ2n) is 6.17. The number of aliphatic carboxylic acids is 1. The fourth-order valence-electron chi connectivity index (χ4n) is 2.09. The van der Waals surface area contributed by atoms with Crippen molar-refractivity contribution in [2.75, 3.05) is 5.32 Å². The van der Waals surface area contributed by atoms with Gasteiger partial charge in [0.1, 0.15) is 6.04 Å². The molecule has 3 N–H and O–H groups in total. The van der Waals surface area contributed by atoms with Gasteiger partial charge >= 0.3 is 5.97 Å². The van der Waals surface area contributed by atoms with Gasteiger partial charge in [-0.1, -0.05) is 12.1 Å². The molecule has 1 atom stereocenters. The monoisotopic (exact) mass is 344 g/mol. The topological polar surface area (TPSA) is 109 Å². The van der Waals surface area contributed by atoms with E-state index in [1.165, 1.54) is 12.3 Å². The van der Waals surface area contributed by atoms with E-state index in [1.807, 2.05) is 0 Å². The van der Waals surface area contributed by atoms with E-state index in [0.717, 1.165) is 0 Å². The zero-order valence-corrected chi connectivity index (χ0v) is 14.2. The summed E-state index contributed by atoms with van der Waals surface area (Å²) < 4.78 is 4.97. The molecule has 1 unspecified atom stereocenters. The molecule has 2 aromatic rings. The molecule has 7 heteroatoms. The molecule has 0 saturated heterocycles. The lowest BCUT2D eigenvalue weighted by molar-refractivity contribution is -0.142. The first-order chi connectivity index (χ1) is 11.7. The maximum Gasteiger partial charge on any atom is 0.313 e. The van der Waals surface area contributed by atoms with Crippen molar-refractivity contribution < 1.29 is 23.9 Å². The number of carbonyl (C=O) groups excluding carboxylic acids is 2. The number of amides is 2. The number of anilines is 1. The summed E-state index contributed by atoms with van der Waals surface area (Å²) in [5, 5.41) is 14.4. The largest absolute Gasteiger partial charge is 0.481 e. The SMILES string of the molecule is CC(NC(=O)c1ccco1)C(=O)Nc1ccc(C(C)(C)C(=O)O)cc1. The highest BCUT2D eigenvalue weighted by atomic mass is 16.4. The molecule has 0 bridgehead atoms. The molecule has 0 aliphatic rings. The van der Waals surface area contributed by atoms with Crippen molar-refractivity contribution in [2.45, 2.75) is 32.2 Å². The van der Waals surface area contributed by atoms with Gasteiger partial charge in [-0.2, -0.15) is 0 Å². The summed E-state index contributed by atoms with van der Waals surface area (Å²) in [6.07, 6.45) is 1.37. The van der Waals surface area contributed by atoms with Crippen LogP contribution in [-0.2, 0) is 15.0 Å². The smallest absolute Gasteiger partial charge is 0.313 e. The van der Waals surface area contributed by atoms with E-state index in [4.69, 9.17) is 4.42 Å². The second kappa shape index (κ2) is 7.21. The lowest BCUT2D eigenvalue weighted by Crippen LogP contribution is -2.41. The third-order valence-corrected chi connectivity index (χ3v) is 3.89. The van der Waals surface area contributed by atoms with E-state index in [9.17, 15) is 19.5 Å². The third-order valence-electron chi connectivity index (χ3n) is 3.89. The van der Waals surface area contributed by atoms with Gasteiger partial charge in [-0.05, 0) is 50.6 Å². The highest BCUT2D eigenvalue weighted by Crippen LogP contribution is 2.24. The molecule has 2 amide bonds. The molecule has 1 aromatic heterocycles. The van der Waals surface area contributed by atoms with Crippen LogP contribution in [0.2, 0.25) is 0 Å². The van der Waals surface area contributed by atoms with Gasteiger partial charge in [-0.3, -0.25) is 14.4 Å². The van der Waals surface area contributed by atoms with Crippen molar-refractivity contribution in [3.8, 4) is 0 Å². The predicted octanol–water partition coefficient (Wildman–Crippen LogP) is 2.40. The van der Waals surface area contributed by atoms with Crippen LogP contribution in [-0.4, -0.2) is 28.9 Å². The van der Waals surface area contributed by atoms with Crippen molar-refractivity contribution in [2.24, 2.45) is 0 Å². The molecular weight excluding hydrogens is 324 g/mol. The number of furan rings is 1. The minimum Gasteiger partial charge on any atom is -0.481 e. The number of rotatable bonds is 6. The average molecular weight is 344 g/mol.